The van der Waals surface area contributed by atoms with Crippen LogP contribution >= 0.6 is 0 Å². The van der Waals surface area contributed by atoms with Crippen LogP contribution in [0, 0.1) is 0 Å². The first-order valence-corrected chi connectivity index (χ1v) is 3.05. The summed E-state index contributed by atoms with van der Waals surface area (Å²) in [7, 11) is 0. The molecule has 0 fully saturated rings. The SMILES string of the molecule is CCCCCC(N)=O.[KH]. The third-order valence-electron chi connectivity index (χ3n) is 1.03. The Kier molecular flexibility index (Phi) is 12.9. The summed E-state index contributed by atoms with van der Waals surface area (Å²) in [5.41, 5.74) is 4.89. The van der Waals surface area contributed by atoms with Crippen LogP contribution in [-0.4, -0.2) is 57.3 Å². The number of carbonyl (C=O) groups is 1. The predicted molar refractivity (Wildman–Crippen MR) is 40.5 cm³/mol. The van der Waals surface area contributed by atoms with Crippen molar-refractivity contribution >= 4 is 57.3 Å². The van der Waals surface area contributed by atoms with Crippen molar-refractivity contribution in [3.05, 3.63) is 0 Å². The Labute approximate surface area is 99.0 Å². The van der Waals surface area contributed by atoms with Crippen LogP contribution in [0.5, 0.6) is 0 Å². The molecule has 0 unspecified atom stereocenters. The molecule has 0 aliphatic carbocycles. The molecule has 3 heteroatoms. The minimum atomic E-state index is -0.182. The van der Waals surface area contributed by atoms with Gasteiger partial charge in [-0.05, 0) is 6.42 Å². The van der Waals surface area contributed by atoms with Gasteiger partial charge in [-0.15, -0.1) is 0 Å². The first-order valence-electron chi connectivity index (χ1n) is 3.05. The van der Waals surface area contributed by atoms with Gasteiger partial charge < -0.3 is 5.73 Å². The molecule has 1 amide bonds. The van der Waals surface area contributed by atoms with E-state index in [9.17, 15) is 4.79 Å². The van der Waals surface area contributed by atoms with Gasteiger partial charge in [0.15, 0.2) is 0 Å². The van der Waals surface area contributed by atoms with Crippen LogP contribution in [0.2, 0.25) is 0 Å². The molecular weight excluding hydrogens is 141 g/mol. The van der Waals surface area contributed by atoms with Crippen molar-refractivity contribution in [2.24, 2.45) is 5.73 Å². The van der Waals surface area contributed by atoms with E-state index in [1.807, 2.05) is 0 Å². The Morgan fingerprint density at radius 3 is 2.33 bits per heavy atom. The zero-order valence-corrected chi connectivity index (χ0v) is 5.31. The number of hydrogen-bond acceptors (Lipinski definition) is 1. The van der Waals surface area contributed by atoms with E-state index < -0.39 is 0 Å². The average molecular weight is 155 g/mol. The standard InChI is InChI=1S/C6H13NO.K.H/c1-2-3-4-5-6(7)8;;/h2-5H2,1H3,(H2,7,8);;. The monoisotopic (exact) mass is 155 g/mol. The van der Waals surface area contributed by atoms with Crippen LogP contribution in [-0.2, 0) is 4.79 Å². The molecule has 0 atom stereocenters. The second-order valence-electron chi connectivity index (χ2n) is 1.92. The topological polar surface area (TPSA) is 43.1 Å². The number of carbonyl (C=O) groups excluding carboxylic acids is 1. The fourth-order valence-corrected chi connectivity index (χ4v) is 0.549. The van der Waals surface area contributed by atoms with Gasteiger partial charge in [-0.25, -0.2) is 0 Å². The molecule has 0 saturated carbocycles. The van der Waals surface area contributed by atoms with Crippen molar-refractivity contribution in [2.45, 2.75) is 32.6 Å². The molecule has 0 rings (SSSR count). The summed E-state index contributed by atoms with van der Waals surface area (Å²) >= 11 is 0. The molecular formula is C6H14KNO. The summed E-state index contributed by atoms with van der Waals surface area (Å²) in [4.78, 5) is 10.1. The predicted octanol–water partition coefficient (Wildman–Crippen LogP) is 0.404. The van der Waals surface area contributed by atoms with Crippen LogP contribution in [0.25, 0.3) is 0 Å². The number of nitrogens with two attached hydrogens (primary N) is 1. The van der Waals surface area contributed by atoms with Crippen molar-refractivity contribution in [3.8, 4) is 0 Å². The molecule has 0 spiro atoms. The van der Waals surface area contributed by atoms with Crippen molar-refractivity contribution in [2.75, 3.05) is 0 Å². The number of amides is 1. The van der Waals surface area contributed by atoms with Crippen molar-refractivity contribution in [3.63, 3.8) is 0 Å². The molecule has 2 N–H and O–H groups in total. The molecule has 0 heterocycles. The van der Waals surface area contributed by atoms with E-state index in [0.717, 1.165) is 19.3 Å². The molecule has 0 aliphatic heterocycles. The third-order valence-corrected chi connectivity index (χ3v) is 1.03. The Bertz CT molecular complexity index is 75.5. The van der Waals surface area contributed by atoms with E-state index in [2.05, 4.69) is 6.92 Å². The molecule has 0 aromatic rings. The fraction of sp³-hybridized carbons (Fsp3) is 0.833. The Balaban J connectivity index is 0. The van der Waals surface area contributed by atoms with Gasteiger partial charge in [0.25, 0.3) is 0 Å². The van der Waals surface area contributed by atoms with E-state index in [0.29, 0.717) is 6.42 Å². The maximum atomic E-state index is 10.1. The van der Waals surface area contributed by atoms with Gasteiger partial charge in [0.2, 0.25) is 5.91 Å². The Hall–Kier alpha value is 1.11. The Morgan fingerprint density at radius 1 is 1.44 bits per heavy atom. The summed E-state index contributed by atoms with van der Waals surface area (Å²) < 4.78 is 0. The molecule has 50 valence electrons. The number of rotatable bonds is 4. The molecule has 0 aromatic carbocycles. The fourth-order valence-electron chi connectivity index (χ4n) is 0.549. The quantitative estimate of drug-likeness (QED) is 0.463. The molecule has 0 radical (unpaired) electrons. The number of primary amides is 1. The van der Waals surface area contributed by atoms with E-state index >= 15 is 0 Å². The molecule has 9 heavy (non-hydrogen) atoms. The maximum absolute atomic E-state index is 10.1. The van der Waals surface area contributed by atoms with Crippen LogP contribution < -0.4 is 5.73 Å². The van der Waals surface area contributed by atoms with Crippen LogP contribution in [0.15, 0.2) is 0 Å². The van der Waals surface area contributed by atoms with E-state index in [-0.39, 0.29) is 57.3 Å². The molecule has 0 aromatic heterocycles. The summed E-state index contributed by atoms with van der Waals surface area (Å²) in [6.45, 7) is 2.10. The number of unbranched alkanes of at least 4 members (excludes halogenated alkanes) is 2. The van der Waals surface area contributed by atoms with Gasteiger partial charge in [0, 0.05) is 6.42 Å². The third kappa shape index (κ3) is 12.3. The zero-order valence-electron chi connectivity index (χ0n) is 5.31. The molecule has 0 bridgehead atoms. The Morgan fingerprint density at radius 2 is 2.00 bits per heavy atom. The van der Waals surface area contributed by atoms with Gasteiger partial charge in [-0.2, -0.15) is 0 Å². The van der Waals surface area contributed by atoms with Gasteiger partial charge in [-0.1, -0.05) is 19.8 Å². The first kappa shape index (κ1) is 12.8. The summed E-state index contributed by atoms with van der Waals surface area (Å²) in [6.07, 6.45) is 3.76. The van der Waals surface area contributed by atoms with Crippen LogP contribution in [0.4, 0.5) is 0 Å². The minimum absolute atomic E-state index is 0. The van der Waals surface area contributed by atoms with Crippen LogP contribution in [0.1, 0.15) is 32.6 Å². The second-order valence-corrected chi connectivity index (χ2v) is 1.92. The van der Waals surface area contributed by atoms with Crippen LogP contribution in [0.3, 0.4) is 0 Å². The number of hydrogen-bond donors (Lipinski definition) is 1. The van der Waals surface area contributed by atoms with E-state index in [1.165, 1.54) is 0 Å². The van der Waals surface area contributed by atoms with E-state index in [1.54, 1.807) is 0 Å². The molecule has 2 nitrogen and oxygen atoms in total. The average Bonchev–Trinajstić information content (AvgIpc) is 1.66. The van der Waals surface area contributed by atoms with Crippen molar-refractivity contribution in [1.82, 2.24) is 0 Å². The molecule has 0 saturated heterocycles. The second kappa shape index (κ2) is 9.11. The summed E-state index contributed by atoms with van der Waals surface area (Å²) in [5, 5.41) is 0. The van der Waals surface area contributed by atoms with Crippen molar-refractivity contribution in [1.29, 1.82) is 0 Å². The summed E-state index contributed by atoms with van der Waals surface area (Å²) in [5.74, 6) is -0.182. The normalized spacial score (nSPS) is 8.11. The zero-order chi connectivity index (χ0) is 6.41. The van der Waals surface area contributed by atoms with E-state index in [4.69, 9.17) is 5.73 Å². The van der Waals surface area contributed by atoms with Gasteiger partial charge in [-0.3, -0.25) is 4.79 Å². The molecule has 0 aliphatic rings. The summed E-state index contributed by atoms with van der Waals surface area (Å²) in [6, 6.07) is 0. The first-order chi connectivity index (χ1) is 3.77. The van der Waals surface area contributed by atoms with Crippen molar-refractivity contribution < 1.29 is 4.79 Å². The van der Waals surface area contributed by atoms with Gasteiger partial charge in [0.05, 0.1) is 0 Å². The van der Waals surface area contributed by atoms with Gasteiger partial charge in [0.1, 0.15) is 0 Å². The van der Waals surface area contributed by atoms with Gasteiger partial charge >= 0.3 is 51.4 Å².